The molecule has 0 spiro atoms. The molecule has 0 fully saturated rings. The minimum absolute atomic E-state index is 0.567. The van der Waals surface area contributed by atoms with Crippen LogP contribution in [-0.4, -0.2) is 12.1 Å². The quantitative estimate of drug-likeness (QED) is 0.761. The predicted octanol–water partition coefficient (Wildman–Crippen LogP) is 3.89. The van der Waals surface area contributed by atoms with Crippen LogP contribution in [-0.2, 0) is 18.0 Å². The van der Waals surface area contributed by atoms with E-state index in [1.54, 1.807) is 7.11 Å². The first-order valence-electron chi connectivity index (χ1n) is 6.63. The topological polar surface area (TPSA) is 34.2 Å². The summed E-state index contributed by atoms with van der Waals surface area (Å²) in [7, 11) is 1.70. The fourth-order valence-corrected chi connectivity index (χ4v) is 2.34. The fourth-order valence-electron chi connectivity index (χ4n) is 2.34. The lowest BCUT2D eigenvalue weighted by Gasteiger charge is -2.09. The molecule has 0 saturated heterocycles. The lowest BCUT2D eigenvalue weighted by atomic mass is 10.1. The summed E-state index contributed by atoms with van der Waals surface area (Å²) in [4.78, 5) is 3.25. The first-order valence-corrected chi connectivity index (χ1v) is 6.63. The molecule has 1 aromatic heterocycles. The molecular formula is C17H17NO2. The van der Waals surface area contributed by atoms with Crippen LogP contribution in [0.1, 0.15) is 11.1 Å². The van der Waals surface area contributed by atoms with Crippen molar-refractivity contribution in [3.05, 3.63) is 65.9 Å². The zero-order valence-electron chi connectivity index (χ0n) is 11.4. The minimum atomic E-state index is 0.567. The molecule has 0 unspecified atom stereocenters. The molecule has 0 bridgehead atoms. The SMILES string of the molecule is COCc1c[nH]c2cccc(OCc3ccccc3)c12. The van der Waals surface area contributed by atoms with Crippen LogP contribution < -0.4 is 4.74 Å². The van der Waals surface area contributed by atoms with E-state index in [4.69, 9.17) is 9.47 Å². The molecular weight excluding hydrogens is 250 g/mol. The number of benzene rings is 2. The van der Waals surface area contributed by atoms with Gasteiger partial charge in [0.25, 0.3) is 0 Å². The van der Waals surface area contributed by atoms with Gasteiger partial charge in [0.1, 0.15) is 12.4 Å². The van der Waals surface area contributed by atoms with Crippen molar-refractivity contribution in [2.45, 2.75) is 13.2 Å². The number of aromatic nitrogens is 1. The van der Waals surface area contributed by atoms with Crippen molar-refractivity contribution in [2.75, 3.05) is 7.11 Å². The molecule has 2 aromatic carbocycles. The molecule has 3 heteroatoms. The minimum Gasteiger partial charge on any atom is -0.488 e. The summed E-state index contributed by atoms with van der Waals surface area (Å²) in [6, 6.07) is 16.2. The molecule has 0 atom stereocenters. The van der Waals surface area contributed by atoms with Gasteiger partial charge in [0, 0.05) is 29.8 Å². The molecule has 0 aliphatic rings. The Morgan fingerprint density at radius 1 is 0.950 bits per heavy atom. The Bertz CT molecular complexity index is 689. The highest BCUT2D eigenvalue weighted by Crippen LogP contribution is 2.29. The van der Waals surface area contributed by atoms with Crippen LogP contribution in [0.2, 0.25) is 0 Å². The molecule has 0 aliphatic heterocycles. The second kappa shape index (κ2) is 5.80. The molecule has 3 nitrogen and oxygen atoms in total. The van der Waals surface area contributed by atoms with Gasteiger partial charge in [-0.1, -0.05) is 36.4 Å². The van der Waals surface area contributed by atoms with E-state index in [-0.39, 0.29) is 0 Å². The van der Waals surface area contributed by atoms with Gasteiger partial charge in [0.05, 0.1) is 6.61 Å². The van der Waals surface area contributed by atoms with Crippen molar-refractivity contribution in [3.63, 3.8) is 0 Å². The number of H-pyrrole nitrogens is 1. The molecule has 102 valence electrons. The fraction of sp³-hybridized carbons (Fsp3) is 0.176. The second-order valence-electron chi connectivity index (χ2n) is 4.70. The standard InChI is InChI=1S/C17H17NO2/c1-19-12-14-10-18-15-8-5-9-16(17(14)15)20-11-13-6-3-2-4-7-13/h2-10,18H,11-12H2,1H3. The van der Waals surface area contributed by atoms with E-state index in [0.717, 1.165) is 27.8 Å². The lowest BCUT2D eigenvalue weighted by molar-refractivity contribution is 0.185. The third kappa shape index (κ3) is 2.53. The maximum atomic E-state index is 5.98. The summed E-state index contributed by atoms with van der Waals surface area (Å²) in [5.41, 5.74) is 3.35. The number of hydrogen-bond donors (Lipinski definition) is 1. The Morgan fingerprint density at radius 3 is 2.60 bits per heavy atom. The van der Waals surface area contributed by atoms with E-state index in [0.29, 0.717) is 13.2 Å². The normalized spacial score (nSPS) is 10.8. The van der Waals surface area contributed by atoms with E-state index in [9.17, 15) is 0 Å². The maximum Gasteiger partial charge on any atom is 0.129 e. The number of ether oxygens (including phenoxy) is 2. The third-order valence-corrected chi connectivity index (χ3v) is 3.29. The Hall–Kier alpha value is -2.26. The summed E-state index contributed by atoms with van der Waals surface area (Å²) >= 11 is 0. The average Bonchev–Trinajstić information content (AvgIpc) is 2.91. The zero-order valence-corrected chi connectivity index (χ0v) is 11.4. The number of rotatable bonds is 5. The van der Waals surface area contributed by atoms with Crippen molar-refractivity contribution >= 4 is 10.9 Å². The number of fused-ring (bicyclic) bond motifs is 1. The van der Waals surface area contributed by atoms with Crippen LogP contribution in [0, 0.1) is 0 Å². The number of methoxy groups -OCH3 is 1. The molecule has 0 radical (unpaired) electrons. The molecule has 0 amide bonds. The van der Waals surface area contributed by atoms with Crippen LogP contribution >= 0.6 is 0 Å². The van der Waals surface area contributed by atoms with Gasteiger partial charge in [-0.25, -0.2) is 0 Å². The van der Waals surface area contributed by atoms with Gasteiger partial charge >= 0.3 is 0 Å². The summed E-state index contributed by atoms with van der Waals surface area (Å²) in [5.74, 6) is 0.889. The van der Waals surface area contributed by atoms with Crippen LogP contribution in [0.4, 0.5) is 0 Å². The lowest BCUT2D eigenvalue weighted by Crippen LogP contribution is -1.96. The molecule has 0 saturated carbocycles. The highest BCUT2D eigenvalue weighted by atomic mass is 16.5. The van der Waals surface area contributed by atoms with E-state index in [1.807, 2.05) is 42.6 Å². The summed E-state index contributed by atoms with van der Waals surface area (Å²) in [6.07, 6.45) is 1.98. The van der Waals surface area contributed by atoms with Gasteiger partial charge in [0.2, 0.25) is 0 Å². The van der Waals surface area contributed by atoms with Crippen molar-refractivity contribution in [3.8, 4) is 5.75 Å². The van der Waals surface area contributed by atoms with Gasteiger partial charge in [-0.05, 0) is 17.7 Å². The van der Waals surface area contributed by atoms with E-state index >= 15 is 0 Å². The third-order valence-electron chi connectivity index (χ3n) is 3.29. The van der Waals surface area contributed by atoms with Crippen LogP contribution in [0.5, 0.6) is 5.75 Å². The van der Waals surface area contributed by atoms with Gasteiger partial charge < -0.3 is 14.5 Å². The summed E-state index contributed by atoms with van der Waals surface area (Å²) in [6.45, 7) is 1.14. The van der Waals surface area contributed by atoms with E-state index < -0.39 is 0 Å². The first kappa shape index (κ1) is 12.8. The largest absolute Gasteiger partial charge is 0.488 e. The summed E-state index contributed by atoms with van der Waals surface area (Å²) < 4.78 is 11.2. The highest BCUT2D eigenvalue weighted by molar-refractivity contribution is 5.89. The smallest absolute Gasteiger partial charge is 0.129 e. The van der Waals surface area contributed by atoms with Crippen molar-refractivity contribution in [1.82, 2.24) is 4.98 Å². The van der Waals surface area contributed by atoms with Gasteiger partial charge in [0.15, 0.2) is 0 Å². The number of aromatic amines is 1. The maximum absolute atomic E-state index is 5.98. The van der Waals surface area contributed by atoms with Gasteiger partial charge in [-0.3, -0.25) is 0 Å². The number of nitrogens with one attached hydrogen (secondary N) is 1. The molecule has 0 aliphatic carbocycles. The Kier molecular flexibility index (Phi) is 3.70. The second-order valence-corrected chi connectivity index (χ2v) is 4.70. The predicted molar refractivity (Wildman–Crippen MR) is 79.8 cm³/mol. The Labute approximate surface area is 118 Å². The van der Waals surface area contributed by atoms with Gasteiger partial charge in [-0.15, -0.1) is 0 Å². The zero-order chi connectivity index (χ0) is 13.8. The van der Waals surface area contributed by atoms with E-state index in [2.05, 4.69) is 17.1 Å². The van der Waals surface area contributed by atoms with Crippen LogP contribution in [0.25, 0.3) is 10.9 Å². The first-order chi connectivity index (χ1) is 9.88. The van der Waals surface area contributed by atoms with Crippen molar-refractivity contribution in [2.24, 2.45) is 0 Å². The Morgan fingerprint density at radius 2 is 1.80 bits per heavy atom. The monoisotopic (exact) mass is 267 g/mol. The van der Waals surface area contributed by atoms with Crippen molar-refractivity contribution < 1.29 is 9.47 Å². The molecule has 1 N–H and O–H groups in total. The van der Waals surface area contributed by atoms with Crippen LogP contribution in [0.3, 0.4) is 0 Å². The van der Waals surface area contributed by atoms with Gasteiger partial charge in [-0.2, -0.15) is 0 Å². The molecule has 1 heterocycles. The molecule has 20 heavy (non-hydrogen) atoms. The van der Waals surface area contributed by atoms with Crippen molar-refractivity contribution in [1.29, 1.82) is 0 Å². The average molecular weight is 267 g/mol. The molecule has 3 aromatic rings. The van der Waals surface area contributed by atoms with E-state index in [1.165, 1.54) is 0 Å². The molecule has 3 rings (SSSR count). The summed E-state index contributed by atoms with van der Waals surface area (Å²) in [5, 5.41) is 1.10. The highest BCUT2D eigenvalue weighted by Gasteiger charge is 2.09. The van der Waals surface area contributed by atoms with Crippen LogP contribution in [0.15, 0.2) is 54.7 Å². The number of hydrogen-bond acceptors (Lipinski definition) is 2. The Balaban J connectivity index is 1.89.